The Morgan fingerprint density at radius 3 is 2.03 bits per heavy atom. The Balaban J connectivity index is 0.915. The zero-order chi connectivity index (χ0) is 48.0. The van der Waals surface area contributed by atoms with Crippen LogP contribution in [0.25, 0.3) is 38.8 Å². The van der Waals surface area contributed by atoms with Crippen molar-refractivity contribution in [3.63, 3.8) is 0 Å². The zero-order valence-electron chi connectivity index (χ0n) is 42.6. The Labute approximate surface area is 406 Å². The van der Waals surface area contributed by atoms with Gasteiger partial charge in [0.15, 0.2) is 0 Å². The second kappa shape index (κ2) is 18.6. The predicted octanol–water partition coefficient (Wildman–Crippen LogP) is 16.5. The van der Waals surface area contributed by atoms with Crippen LogP contribution in [0.4, 0.5) is 17.1 Å². The van der Waals surface area contributed by atoms with E-state index in [0.717, 1.165) is 67.1 Å². The van der Waals surface area contributed by atoms with Crippen molar-refractivity contribution in [1.29, 1.82) is 0 Å². The van der Waals surface area contributed by atoms with Crippen molar-refractivity contribution in [3.05, 3.63) is 179 Å². The molecule has 0 fully saturated rings. The van der Waals surface area contributed by atoms with Gasteiger partial charge in [0.05, 0.1) is 29.1 Å². The van der Waals surface area contributed by atoms with E-state index in [1.54, 1.807) is 0 Å². The Kier molecular flexibility index (Phi) is 12.8. The second-order valence-corrected chi connectivity index (χ2v) is 22.8. The molecular weight excluding hydrogens is 829 g/mol. The van der Waals surface area contributed by atoms with Crippen molar-refractivity contribution >= 4 is 38.9 Å². The minimum absolute atomic E-state index is 0.0114. The van der Waals surface area contributed by atoms with Crippen molar-refractivity contribution < 1.29 is 4.74 Å². The largest absolute Gasteiger partial charge is 0.489 e. The molecule has 5 heteroatoms. The lowest BCUT2D eigenvalue weighted by molar-refractivity contribution is 0.306. The molecule has 0 spiro atoms. The molecule has 68 heavy (non-hydrogen) atoms. The SMILES string of the molecule is CC(C)Cc1cccc(-c2cc(C(C)(C)C)cc(C(C)(C)C)c2)c1CCCCN1CN(c2cccc(COc3ccc4c5ccccc5n(-c5cc(C(C)(C)C)ccn5)c4c3)c2)c2ccccc21. The highest BCUT2D eigenvalue weighted by Crippen LogP contribution is 2.42. The fourth-order valence-corrected chi connectivity index (χ4v) is 10.1. The number of fused-ring (bicyclic) bond motifs is 4. The van der Waals surface area contributed by atoms with E-state index in [2.05, 4.69) is 230 Å². The van der Waals surface area contributed by atoms with Gasteiger partial charge in [0, 0.05) is 35.3 Å². The standard InChI is InChI=1S/C63H72N4O/c1-43(2)34-45-21-19-25-53(46-36-48(62(6,7)8)38-49(37-46)63(9,10)11)52(45)23-16-17-33-65-42-66(58-28-15-14-27-57(58)65)50-22-18-20-44(35-50)41-68-51-29-30-55-54-24-12-13-26-56(54)67(59(55)40-51)60-39-47(31-32-64-60)61(3,4)5/h12-15,18-22,24-32,35-40,43H,16-17,23,33-34,41-42H2,1-11H3. The Morgan fingerprint density at radius 1 is 0.603 bits per heavy atom. The van der Waals surface area contributed by atoms with Gasteiger partial charge in [0.2, 0.25) is 0 Å². The van der Waals surface area contributed by atoms with Crippen LogP contribution in [0.1, 0.15) is 122 Å². The first-order valence-electron chi connectivity index (χ1n) is 25.0. The minimum Gasteiger partial charge on any atom is -0.489 e. The fourth-order valence-electron chi connectivity index (χ4n) is 10.1. The Hall–Kier alpha value is -6.33. The highest BCUT2D eigenvalue weighted by atomic mass is 16.5. The molecule has 9 rings (SSSR count). The Morgan fingerprint density at radius 2 is 1.29 bits per heavy atom. The van der Waals surface area contributed by atoms with Gasteiger partial charge in [0.25, 0.3) is 0 Å². The summed E-state index contributed by atoms with van der Waals surface area (Å²) in [5.41, 5.74) is 17.1. The molecule has 0 atom stereocenters. The predicted molar refractivity (Wildman–Crippen MR) is 290 cm³/mol. The number of anilines is 3. The molecule has 8 aromatic rings. The van der Waals surface area contributed by atoms with Crippen LogP contribution in [0, 0.1) is 5.92 Å². The van der Waals surface area contributed by atoms with Crippen molar-refractivity contribution in [2.24, 2.45) is 5.92 Å². The van der Waals surface area contributed by atoms with Gasteiger partial charge in [-0.3, -0.25) is 4.57 Å². The minimum atomic E-state index is 0.0114. The van der Waals surface area contributed by atoms with Gasteiger partial charge in [-0.05, 0) is 147 Å². The molecule has 5 nitrogen and oxygen atoms in total. The lowest BCUT2D eigenvalue weighted by atomic mass is 9.78. The van der Waals surface area contributed by atoms with Gasteiger partial charge in [-0.25, -0.2) is 4.98 Å². The highest BCUT2D eigenvalue weighted by molar-refractivity contribution is 6.09. The van der Waals surface area contributed by atoms with E-state index in [1.165, 1.54) is 66.8 Å². The van der Waals surface area contributed by atoms with Gasteiger partial charge in [0.1, 0.15) is 18.2 Å². The average molecular weight is 901 g/mol. The van der Waals surface area contributed by atoms with Crippen LogP contribution >= 0.6 is 0 Å². The molecule has 1 aliphatic rings. The smallest absolute Gasteiger partial charge is 0.137 e. The first kappa shape index (κ1) is 46.8. The summed E-state index contributed by atoms with van der Waals surface area (Å²) < 4.78 is 8.90. The molecule has 0 unspecified atom stereocenters. The summed E-state index contributed by atoms with van der Waals surface area (Å²) >= 11 is 0. The van der Waals surface area contributed by atoms with Gasteiger partial charge in [-0.1, -0.05) is 155 Å². The van der Waals surface area contributed by atoms with Crippen LogP contribution in [0.3, 0.4) is 0 Å². The quantitative estimate of drug-likeness (QED) is 0.108. The molecule has 1 aliphatic heterocycles. The molecule has 6 aromatic carbocycles. The maximum atomic E-state index is 6.62. The van der Waals surface area contributed by atoms with Crippen LogP contribution in [0.5, 0.6) is 5.75 Å². The first-order valence-corrected chi connectivity index (χ1v) is 25.0. The van der Waals surface area contributed by atoms with Gasteiger partial charge in [-0.15, -0.1) is 0 Å². The number of nitrogens with zero attached hydrogens (tertiary/aromatic N) is 4. The van der Waals surface area contributed by atoms with Gasteiger partial charge < -0.3 is 14.5 Å². The lowest BCUT2D eigenvalue weighted by Gasteiger charge is -2.27. The summed E-state index contributed by atoms with van der Waals surface area (Å²) in [5.74, 6) is 2.35. The average Bonchev–Trinajstić information content (AvgIpc) is 3.84. The number of aromatic nitrogens is 2. The van der Waals surface area contributed by atoms with E-state index in [1.807, 2.05) is 6.20 Å². The number of benzene rings is 6. The number of ether oxygens (including phenoxy) is 1. The van der Waals surface area contributed by atoms with E-state index >= 15 is 0 Å². The summed E-state index contributed by atoms with van der Waals surface area (Å²) in [5, 5.41) is 2.39. The Bertz CT molecular complexity index is 3050. The molecule has 0 bridgehead atoms. The number of unbranched alkanes of at least 4 members (excludes halogenated alkanes) is 1. The third kappa shape index (κ3) is 9.81. The van der Waals surface area contributed by atoms with Crippen LogP contribution in [0.2, 0.25) is 0 Å². The summed E-state index contributed by atoms with van der Waals surface area (Å²) in [6.07, 6.45) is 6.34. The number of pyridine rings is 1. The monoisotopic (exact) mass is 901 g/mol. The number of hydrogen-bond acceptors (Lipinski definition) is 4. The van der Waals surface area contributed by atoms with E-state index in [0.29, 0.717) is 12.5 Å². The van der Waals surface area contributed by atoms with E-state index < -0.39 is 0 Å². The van der Waals surface area contributed by atoms with Crippen molar-refractivity contribution in [3.8, 4) is 22.7 Å². The van der Waals surface area contributed by atoms with Crippen LogP contribution in [-0.4, -0.2) is 22.8 Å². The molecule has 0 amide bonds. The third-order valence-electron chi connectivity index (χ3n) is 13.9. The molecule has 0 saturated heterocycles. The molecular formula is C63H72N4O. The van der Waals surface area contributed by atoms with E-state index in [-0.39, 0.29) is 16.2 Å². The lowest BCUT2D eigenvalue weighted by Crippen LogP contribution is -2.28. The number of rotatable bonds is 13. The molecule has 350 valence electrons. The number of para-hydroxylation sites is 3. The first-order chi connectivity index (χ1) is 32.4. The summed E-state index contributed by atoms with van der Waals surface area (Å²) in [6, 6.07) is 51.6. The van der Waals surface area contributed by atoms with Crippen molar-refractivity contribution in [1.82, 2.24) is 9.55 Å². The summed E-state index contributed by atoms with van der Waals surface area (Å²) in [4.78, 5) is 9.91. The summed E-state index contributed by atoms with van der Waals surface area (Å²) in [7, 11) is 0. The number of hydrogen-bond donors (Lipinski definition) is 0. The highest BCUT2D eigenvalue weighted by Gasteiger charge is 2.27. The van der Waals surface area contributed by atoms with Crippen molar-refractivity contribution in [2.75, 3.05) is 23.0 Å². The normalized spacial score (nSPS) is 13.3. The zero-order valence-corrected chi connectivity index (χ0v) is 42.6. The summed E-state index contributed by atoms with van der Waals surface area (Å²) in [6.45, 7) is 27.8. The van der Waals surface area contributed by atoms with E-state index in [4.69, 9.17) is 9.72 Å². The molecule has 0 aliphatic carbocycles. The van der Waals surface area contributed by atoms with Gasteiger partial charge >= 0.3 is 0 Å². The molecule has 2 aromatic heterocycles. The molecule has 3 heterocycles. The maximum Gasteiger partial charge on any atom is 0.137 e. The van der Waals surface area contributed by atoms with E-state index in [9.17, 15) is 0 Å². The van der Waals surface area contributed by atoms with Crippen molar-refractivity contribution in [2.45, 2.75) is 125 Å². The van der Waals surface area contributed by atoms with Crippen LogP contribution in [-0.2, 0) is 35.7 Å². The fraction of sp³-hybridized carbons (Fsp3) is 0.349. The maximum absolute atomic E-state index is 6.62. The van der Waals surface area contributed by atoms with Crippen LogP contribution in [0.15, 0.2) is 146 Å². The molecule has 0 N–H and O–H groups in total. The van der Waals surface area contributed by atoms with Gasteiger partial charge in [-0.2, -0.15) is 0 Å². The molecule has 0 radical (unpaired) electrons. The van der Waals surface area contributed by atoms with Crippen LogP contribution < -0.4 is 14.5 Å². The third-order valence-corrected chi connectivity index (χ3v) is 13.9. The topological polar surface area (TPSA) is 33.5 Å². The molecule has 0 saturated carbocycles. The second-order valence-electron chi connectivity index (χ2n) is 22.8.